The van der Waals surface area contributed by atoms with E-state index in [-0.39, 0.29) is 6.04 Å². The summed E-state index contributed by atoms with van der Waals surface area (Å²) in [5, 5.41) is 4.14. The van der Waals surface area contributed by atoms with E-state index in [2.05, 4.69) is 24.0 Å². The molecule has 1 N–H and O–H groups in total. The number of carbonyl (C=O) groups is 1. The van der Waals surface area contributed by atoms with E-state index in [4.69, 9.17) is 0 Å². The lowest BCUT2D eigenvalue weighted by Gasteiger charge is -2.31. The average Bonchev–Trinajstić information content (AvgIpc) is 2.87. The maximum atomic E-state index is 12.4. The number of hydrogen-bond donors (Lipinski definition) is 1. The van der Waals surface area contributed by atoms with Gasteiger partial charge in [-0.15, -0.1) is 0 Å². The highest BCUT2D eigenvalue weighted by Crippen LogP contribution is 2.32. The summed E-state index contributed by atoms with van der Waals surface area (Å²) in [7, 11) is 2.00. The van der Waals surface area contributed by atoms with Crippen LogP contribution in [0.15, 0.2) is 0 Å². The Morgan fingerprint density at radius 3 is 2.83 bits per heavy atom. The number of hydrogen-bond acceptors (Lipinski definition) is 3. The number of rotatable bonds is 4. The number of amides is 1. The molecule has 0 radical (unpaired) electrons. The van der Waals surface area contributed by atoms with Crippen LogP contribution in [0, 0.1) is 0 Å². The second-order valence-electron chi connectivity index (χ2n) is 5.50. The first-order valence-electron chi connectivity index (χ1n) is 7.34. The van der Waals surface area contributed by atoms with Gasteiger partial charge in [0.15, 0.2) is 0 Å². The Labute approximate surface area is 115 Å². The van der Waals surface area contributed by atoms with Gasteiger partial charge in [-0.25, -0.2) is 0 Å². The summed E-state index contributed by atoms with van der Waals surface area (Å²) in [6.45, 7) is 3.22. The second-order valence-corrected chi connectivity index (χ2v) is 7.07. The second kappa shape index (κ2) is 6.80. The Hall–Kier alpha value is -0.220. The number of nitrogens with one attached hydrogen (secondary N) is 1. The van der Waals surface area contributed by atoms with E-state index in [1.165, 1.54) is 37.9 Å². The molecule has 2 aliphatic rings. The van der Waals surface area contributed by atoms with Crippen LogP contribution in [0.2, 0.25) is 0 Å². The number of carbonyl (C=O) groups excluding carboxylic acids is 1. The summed E-state index contributed by atoms with van der Waals surface area (Å²) in [4.78, 5) is 14.4. The molecule has 3 unspecified atom stereocenters. The standard InChI is InChI=1S/C14H26N2OS/c1-3-18-12-8-7-11(10-12)16(2)14(17)13-6-4-5-9-15-13/h11-13,15H,3-10H2,1-2H3. The van der Waals surface area contributed by atoms with Crippen LogP contribution in [0.3, 0.4) is 0 Å². The van der Waals surface area contributed by atoms with E-state index < -0.39 is 0 Å². The van der Waals surface area contributed by atoms with Gasteiger partial charge in [0, 0.05) is 18.3 Å². The summed E-state index contributed by atoms with van der Waals surface area (Å²) in [6, 6.07) is 0.562. The molecule has 18 heavy (non-hydrogen) atoms. The van der Waals surface area contributed by atoms with E-state index in [1.54, 1.807) is 0 Å². The molecule has 1 saturated heterocycles. The quantitative estimate of drug-likeness (QED) is 0.850. The highest BCUT2D eigenvalue weighted by Gasteiger charge is 2.32. The molecule has 1 amide bonds. The monoisotopic (exact) mass is 270 g/mol. The molecule has 0 aromatic rings. The largest absolute Gasteiger partial charge is 0.341 e. The van der Waals surface area contributed by atoms with Crippen molar-refractivity contribution in [1.29, 1.82) is 0 Å². The van der Waals surface area contributed by atoms with E-state index in [9.17, 15) is 4.79 Å². The van der Waals surface area contributed by atoms with Crippen LogP contribution in [0.4, 0.5) is 0 Å². The fraction of sp³-hybridized carbons (Fsp3) is 0.929. The zero-order valence-corrected chi connectivity index (χ0v) is 12.5. The molecule has 104 valence electrons. The van der Waals surface area contributed by atoms with Gasteiger partial charge in [0.25, 0.3) is 0 Å². The molecule has 1 heterocycles. The molecular formula is C14H26N2OS. The van der Waals surface area contributed by atoms with Gasteiger partial charge in [-0.05, 0) is 44.4 Å². The van der Waals surface area contributed by atoms with Gasteiger partial charge in [0.1, 0.15) is 0 Å². The van der Waals surface area contributed by atoms with Crippen molar-refractivity contribution in [3.63, 3.8) is 0 Å². The van der Waals surface area contributed by atoms with Crippen LogP contribution in [-0.4, -0.2) is 47.5 Å². The van der Waals surface area contributed by atoms with Crippen molar-refractivity contribution in [3.8, 4) is 0 Å². The molecule has 4 heteroatoms. The third-order valence-electron chi connectivity index (χ3n) is 4.26. The summed E-state index contributed by atoms with van der Waals surface area (Å²) in [5.41, 5.74) is 0. The van der Waals surface area contributed by atoms with E-state index >= 15 is 0 Å². The zero-order chi connectivity index (χ0) is 13.0. The molecular weight excluding hydrogens is 244 g/mol. The van der Waals surface area contributed by atoms with Crippen molar-refractivity contribution < 1.29 is 4.79 Å². The van der Waals surface area contributed by atoms with Crippen LogP contribution >= 0.6 is 11.8 Å². The summed E-state index contributed by atoms with van der Waals surface area (Å²) in [5.74, 6) is 1.51. The molecule has 0 spiro atoms. The molecule has 0 bridgehead atoms. The van der Waals surface area contributed by atoms with Crippen molar-refractivity contribution in [2.24, 2.45) is 0 Å². The Morgan fingerprint density at radius 2 is 2.17 bits per heavy atom. The molecule has 2 fully saturated rings. The van der Waals surface area contributed by atoms with Gasteiger partial charge in [-0.1, -0.05) is 13.3 Å². The number of piperidine rings is 1. The van der Waals surface area contributed by atoms with Gasteiger partial charge in [0.2, 0.25) is 5.91 Å². The molecule has 1 aliphatic heterocycles. The predicted molar refractivity (Wildman–Crippen MR) is 78.0 cm³/mol. The number of nitrogens with zero attached hydrogens (tertiary/aromatic N) is 1. The summed E-state index contributed by atoms with van der Waals surface area (Å²) >= 11 is 2.05. The molecule has 3 atom stereocenters. The lowest BCUT2D eigenvalue weighted by Crippen LogP contribution is -2.49. The first kappa shape index (κ1) is 14.2. The lowest BCUT2D eigenvalue weighted by atomic mass is 10.0. The van der Waals surface area contributed by atoms with Gasteiger partial charge in [0.05, 0.1) is 6.04 Å². The Kier molecular flexibility index (Phi) is 5.37. The first-order valence-corrected chi connectivity index (χ1v) is 8.39. The van der Waals surface area contributed by atoms with Crippen LogP contribution in [0.1, 0.15) is 45.4 Å². The van der Waals surface area contributed by atoms with Gasteiger partial charge >= 0.3 is 0 Å². The van der Waals surface area contributed by atoms with E-state index in [1.807, 2.05) is 11.9 Å². The van der Waals surface area contributed by atoms with Gasteiger partial charge < -0.3 is 10.2 Å². The Morgan fingerprint density at radius 1 is 1.33 bits per heavy atom. The maximum Gasteiger partial charge on any atom is 0.239 e. The highest BCUT2D eigenvalue weighted by molar-refractivity contribution is 7.99. The normalized spacial score (nSPS) is 32.4. The summed E-state index contributed by atoms with van der Waals surface area (Å²) < 4.78 is 0. The van der Waals surface area contributed by atoms with Crippen molar-refractivity contribution in [1.82, 2.24) is 10.2 Å². The fourth-order valence-electron chi connectivity index (χ4n) is 3.14. The summed E-state index contributed by atoms with van der Waals surface area (Å²) in [6.07, 6.45) is 7.07. The zero-order valence-electron chi connectivity index (χ0n) is 11.7. The van der Waals surface area contributed by atoms with Gasteiger partial charge in [-0.3, -0.25) is 4.79 Å². The number of thioether (sulfide) groups is 1. The minimum atomic E-state index is 0.0848. The third kappa shape index (κ3) is 3.41. The van der Waals surface area contributed by atoms with Crippen molar-refractivity contribution in [3.05, 3.63) is 0 Å². The minimum Gasteiger partial charge on any atom is -0.341 e. The lowest BCUT2D eigenvalue weighted by molar-refractivity contribution is -0.134. The smallest absolute Gasteiger partial charge is 0.239 e. The third-order valence-corrected chi connectivity index (χ3v) is 5.50. The molecule has 3 nitrogen and oxygen atoms in total. The molecule has 2 rings (SSSR count). The van der Waals surface area contributed by atoms with Crippen LogP contribution in [0.25, 0.3) is 0 Å². The van der Waals surface area contributed by atoms with E-state index in [0.29, 0.717) is 11.9 Å². The maximum absolute atomic E-state index is 12.4. The van der Waals surface area contributed by atoms with Crippen LogP contribution < -0.4 is 5.32 Å². The van der Waals surface area contributed by atoms with Crippen molar-refractivity contribution >= 4 is 17.7 Å². The fourth-order valence-corrected chi connectivity index (χ4v) is 4.28. The highest BCUT2D eigenvalue weighted by atomic mass is 32.2. The SMILES string of the molecule is CCSC1CCC(N(C)C(=O)C2CCCCN2)C1. The van der Waals surface area contributed by atoms with Crippen LogP contribution in [-0.2, 0) is 4.79 Å². The minimum absolute atomic E-state index is 0.0848. The van der Waals surface area contributed by atoms with Crippen molar-refractivity contribution in [2.45, 2.75) is 62.8 Å². The molecule has 0 aromatic carbocycles. The van der Waals surface area contributed by atoms with E-state index in [0.717, 1.165) is 18.2 Å². The predicted octanol–water partition coefficient (Wildman–Crippen LogP) is 2.26. The molecule has 1 saturated carbocycles. The Bertz CT molecular complexity index is 279. The molecule has 1 aliphatic carbocycles. The number of likely N-dealkylation sites (N-methyl/N-ethyl adjacent to an activating group) is 1. The first-order chi connectivity index (χ1) is 8.72. The topological polar surface area (TPSA) is 32.3 Å². The van der Waals surface area contributed by atoms with Crippen LogP contribution in [0.5, 0.6) is 0 Å². The Balaban J connectivity index is 1.83. The van der Waals surface area contributed by atoms with Gasteiger partial charge in [-0.2, -0.15) is 11.8 Å². The molecule has 0 aromatic heterocycles. The van der Waals surface area contributed by atoms with Crippen molar-refractivity contribution in [2.75, 3.05) is 19.3 Å². The average molecular weight is 270 g/mol.